The molecule has 0 saturated carbocycles. The zero-order valence-electron chi connectivity index (χ0n) is 11.8. The van der Waals surface area contributed by atoms with Crippen LogP contribution < -0.4 is 5.32 Å². The summed E-state index contributed by atoms with van der Waals surface area (Å²) in [4.78, 5) is 22.0. The number of hydrogen-bond acceptors (Lipinski definition) is 5. The first-order chi connectivity index (χ1) is 9.99. The molecular weight excluding hydrogens is 276 g/mol. The molecule has 0 spiro atoms. The predicted octanol–water partition coefficient (Wildman–Crippen LogP) is 0.633. The maximum Gasteiger partial charge on any atom is 0.309 e. The van der Waals surface area contributed by atoms with Gasteiger partial charge in [-0.1, -0.05) is 0 Å². The van der Waals surface area contributed by atoms with E-state index in [2.05, 4.69) is 15.5 Å². The number of rotatable bonds is 6. The zero-order chi connectivity index (χ0) is 15.4. The molecule has 2 aromatic rings. The van der Waals surface area contributed by atoms with Crippen molar-refractivity contribution in [2.45, 2.75) is 33.5 Å². The van der Waals surface area contributed by atoms with Gasteiger partial charge in [0.1, 0.15) is 18.4 Å². The maximum atomic E-state index is 11.8. The van der Waals surface area contributed by atoms with Crippen LogP contribution in [0.5, 0.6) is 0 Å². The van der Waals surface area contributed by atoms with Gasteiger partial charge in [0.05, 0.1) is 11.1 Å². The molecule has 2 heterocycles. The first kappa shape index (κ1) is 14.7. The minimum atomic E-state index is -0.518. The van der Waals surface area contributed by atoms with Crippen molar-refractivity contribution in [2.24, 2.45) is 0 Å². The number of nitro groups is 1. The molecule has 0 bridgehead atoms. The number of carbonyl (C=O) groups is 1. The molecule has 0 radical (unpaired) electrons. The van der Waals surface area contributed by atoms with Crippen LogP contribution in [-0.4, -0.2) is 30.4 Å². The highest BCUT2D eigenvalue weighted by atomic mass is 16.6. The Morgan fingerprint density at radius 2 is 2.19 bits per heavy atom. The molecule has 9 nitrogen and oxygen atoms in total. The van der Waals surface area contributed by atoms with Crippen molar-refractivity contribution in [3.05, 3.63) is 40.0 Å². The Bertz CT molecular complexity index is 660. The number of nitrogens with one attached hydrogen (secondary N) is 1. The molecule has 0 aliphatic carbocycles. The van der Waals surface area contributed by atoms with E-state index in [4.69, 9.17) is 0 Å². The quantitative estimate of drug-likeness (QED) is 0.620. The summed E-state index contributed by atoms with van der Waals surface area (Å²) in [7, 11) is 0. The number of amides is 1. The smallest absolute Gasteiger partial charge is 0.309 e. The van der Waals surface area contributed by atoms with Gasteiger partial charge in [-0.2, -0.15) is 10.2 Å². The summed E-state index contributed by atoms with van der Waals surface area (Å²) in [6, 6.07) is 0. The molecular formula is C12H16N6O3. The van der Waals surface area contributed by atoms with Crippen molar-refractivity contribution in [3.63, 3.8) is 0 Å². The van der Waals surface area contributed by atoms with Crippen molar-refractivity contribution in [1.82, 2.24) is 24.9 Å². The van der Waals surface area contributed by atoms with Crippen LogP contribution in [0.15, 0.2) is 18.6 Å². The lowest BCUT2D eigenvalue weighted by Crippen LogP contribution is -2.27. The van der Waals surface area contributed by atoms with E-state index in [0.717, 1.165) is 12.1 Å². The minimum Gasteiger partial charge on any atom is -0.350 e. The number of hydrogen-bond donors (Lipinski definition) is 1. The molecule has 1 N–H and O–H groups in total. The summed E-state index contributed by atoms with van der Waals surface area (Å²) in [5.41, 5.74) is 1.09. The first-order valence-corrected chi connectivity index (χ1v) is 6.46. The van der Waals surface area contributed by atoms with Crippen molar-refractivity contribution in [2.75, 3.05) is 0 Å². The normalized spacial score (nSPS) is 10.6. The van der Waals surface area contributed by atoms with Gasteiger partial charge in [0.25, 0.3) is 0 Å². The van der Waals surface area contributed by atoms with Crippen LogP contribution in [-0.2, 0) is 24.4 Å². The summed E-state index contributed by atoms with van der Waals surface area (Å²) in [6.07, 6.45) is 4.79. The fourth-order valence-electron chi connectivity index (χ4n) is 1.84. The van der Waals surface area contributed by atoms with Gasteiger partial charge in [-0.25, -0.2) is 0 Å². The number of nitrogens with zero attached hydrogens (tertiary/aromatic N) is 5. The Labute approximate surface area is 120 Å². The Kier molecular flexibility index (Phi) is 4.31. The second-order valence-electron chi connectivity index (χ2n) is 4.54. The third-order valence-electron chi connectivity index (χ3n) is 2.92. The Morgan fingerprint density at radius 1 is 1.43 bits per heavy atom. The second kappa shape index (κ2) is 6.16. The highest BCUT2D eigenvalue weighted by Crippen LogP contribution is 2.14. The number of aromatic nitrogens is 4. The summed E-state index contributed by atoms with van der Waals surface area (Å²) >= 11 is 0. The highest BCUT2D eigenvalue weighted by molar-refractivity contribution is 5.75. The Hall–Kier alpha value is -2.71. The Balaban J connectivity index is 1.89. The first-order valence-electron chi connectivity index (χ1n) is 6.46. The summed E-state index contributed by atoms with van der Waals surface area (Å²) in [6.45, 7) is 4.58. The van der Waals surface area contributed by atoms with Gasteiger partial charge in [0, 0.05) is 24.8 Å². The van der Waals surface area contributed by atoms with Crippen LogP contribution in [0.1, 0.15) is 18.2 Å². The maximum absolute atomic E-state index is 11.8. The van der Waals surface area contributed by atoms with Crippen molar-refractivity contribution >= 4 is 11.6 Å². The van der Waals surface area contributed by atoms with Crippen LogP contribution in [0, 0.1) is 17.0 Å². The number of aryl methyl sites for hydroxylation is 2. The lowest BCUT2D eigenvalue weighted by molar-refractivity contribution is -0.385. The summed E-state index contributed by atoms with van der Waals surface area (Å²) in [5.74, 6) is -0.267. The molecule has 0 aromatic carbocycles. The largest absolute Gasteiger partial charge is 0.350 e. The van der Waals surface area contributed by atoms with E-state index < -0.39 is 4.92 Å². The predicted molar refractivity (Wildman–Crippen MR) is 73.4 cm³/mol. The third-order valence-corrected chi connectivity index (χ3v) is 2.92. The summed E-state index contributed by atoms with van der Waals surface area (Å²) in [5, 5.41) is 21.5. The molecule has 0 aliphatic heterocycles. The molecule has 0 unspecified atom stereocenters. The average molecular weight is 292 g/mol. The van der Waals surface area contributed by atoms with E-state index in [0.29, 0.717) is 6.54 Å². The van der Waals surface area contributed by atoms with Crippen LogP contribution in [0.2, 0.25) is 0 Å². The highest BCUT2D eigenvalue weighted by Gasteiger charge is 2.16. The average Bonchev–Trinajstić information content (AvgIpc) is 3.03. The van der Waals surface area contributed by atoms with Gasteiger partial charge < -0.3 is 5.32 Å². The van der Waals surface area contributed by atoms with E-state index in [9.17, 15) is 14.9 Å². The van der Waals surface area contributed by atoms with E-state index in [1.165, 1.54) is 17.8 Å². The molecule has 0 saturated heterocycles. The second-order valence-corrected chi connectivity index (χ2v) is 4.54. The topological polar surface area (TPSA) is 108 Å². The van der Waals surface area contributed by atoms with Crippen LogP contribution in [0.3, 0.4) is 0 Å². The minimum absolute atomic E-state index is 0.0589. The van der Waals surface area contributed by atoms with E-state index in [1.807, 2.05) is 13.1 Å². The van der Waals surface area contributed by atoms with Crippen molar-refractivity contribution in [3.8, 4) is 0 Å². The fourth-order valence-corrected chi connectivity index (χ4v) is 1.84. The van der Waals surface area contributed by atoms with Crippen LogP contribution in [0.4, 0.5) is 5.69 Å². The molecule has 21 heavy (non-hydrogen) atoms. The van der Waals surface area contributed by atoms with Gasteiger partial charge in [0.15, 0.2) is 0 Å². The molecule has 0 atom stereocenters. The van der Waals surface area contributed by atoms with E-state index in [-0.39, 0.29) is 23.8 Å². The molecule has 2 aromatic heterocycles. The zero-order valence-corrected chi connectivity index (χ0v) is 11.8. The monoisotopic (exact) mass is 292 g/mol. The molecule has 2 rings (SSSR count). The van der Waals surface area contributed by atoms with E-state index >= 15 is 0 Å². The molecule has 112 valence electrons. The van der Waals surface area contributed by atoms with Crippen LogP contribution >= 0.6 is 0 Å². The Morgan fingerprint density at radius 3 is 2.76 bits per heavy atom. The lowest BCUT2D eigenvalue weighted by Gasteiger charge is -2.03. The molecule has 0 fully saturated rings. The van der Waals surface area contributed by atoms with Crippen molar-refractivity contribution in [1.29, 1.82) is 0 Å². The summed E-state index contributed by atoms with van der Waals surface area (Å²) < 4.78 is 3.03. The SMILES string of the molecule is CCn1cc(CNC(=O)Cn2cc([N+](=O)[O-])c(C)n2)cn1. The van der Waals surface area contributed by atoms with Gasteiger partial charge in [-0.15, -0.1) is 0 Å². The third kappa shape index (κ3) is 3.65. The van der Waals surface area contributed by atoms with Crippen molar-refractivity contribution < 1.29 is 9.72 Å². The van der Waals surface area contributed by atoms with Gasteiger partial charge >= 0.3 is 5.69 Å². The molecule has 1 amide bonds. The van der Waals surface area contributed by atoms with E-state index in [1.54, 1.807) is 10.9 Å². The molecule has 0 aliphatic rings. The molecule has 9 heteroatoms. The van der Waals surface area contributed by atoms with Gasteiger partial charge in [-0.05, 0) is 13.8 Å². The van der Waals surface area contributed by atoms with Gasteiger partial charge in [-0.3, -0.25) is 24.3 Å². The van der Waals surface area contributed by atoms with Crippen LogP contribution in [0.25, 0.3) is 0 Å². The lowest BCUT2D eigenvalue weighted by atomic mass is 10.3. The van der Waals surface area contributed by atoms with Gasteiger partial charge in [0.2, 0.25) is 5.91 Å². The number of carbonyl (C=O) groups excluding carboxylic acids is 1. The fraction of sp³-hybridized carbons (Fsp3) is 0.417. The standard InChI is InChI=1S/C12H16N6O3/c1-3-16-6-10(5-14-16)4-13-12(19)8-17-7-11(18(20)21)9(2)15-17/h5-7H,3-4,8H2,1-2H3,(H,13,19).